The molecule has 0 fully saturated rings. The average Bonchev–Trinajstić information content (AvgIpc) is 2.46. The summed E-state index contributed by atoms with van der Waals surface area (Å²) in [6.07, 6.45) is 0. The van der Waals surface area contributed by atoms with E-state index in [9.17, 15) is 9.90 Å². The minimum absolute atomic E-state index is 0.00509. The lowest BCUT2D eigenvalue weighted by atomic mass is 10.1. The van der Waals surface area contributed by atoms with Gasteiger partial charge in [0.1, 0.15) is 0 Å². The third-order valence-corrected chi connectivity index (χ3v) is 3.54. The molecule has 2 rings (SSSR count). The van der Waals surface area contributed by atoms with Crippen molar-refractivity contribution in [1.29, 1.82) is 0 Å². The number of aromatic nitrogens is 1. The van der Waals surface area contributed by atoms with Crippen LogP contribution in [0.15, 0.2) is 39.3 Å². The van der Waals surface area contributed by atoms with Crippen LogP contribution < -0.4 is 5.56 Å². The van der Waals surface area contributed by atoms with Gasteiger partial charge in [-0.1, -0.05) is 12.1 Å². The molecule has 1 N–H and O–H groups in total. The molecule has 5 nitrogen and oxygen atoms in total. The number of hydrogen-bond donors (Lipinski definition) is 1. The highest BCUT2D eigenvalue weighted by molar-refractivity contribution is 5.51. The molecule has 0 bridgehead atoms. The van der Waals surface area contributed by atoms with Crippen molar-refractivity contribution in [1.82, 2.24) is 4.57 Å². The predicted molar refractivity (Wildman–Crippen MR) is 82.9 cm³/mol. The summed E-state index contributed by atoms with van der Waals surface area (Å²) in [5.41, 5.74) is 3.02. The summed E-state index contributed by atoms with van der Waals surface area (Å²) >= 11 is 0. The summed E-state index contributed by atoms with van der Waals surface area (Å²) in [5, 5.41) is 18.2. The molecule has 0 aliphatic rings. The highest BCUT2D eigenvalue weighted by atomic mass is 16.3. The van der Waals surface area contributed by atoms with Crippen LogP contribution in [-0.4, -0.2) is 9.67 Å². The number of aryl methyl sites for hydroxylation is 1. The standard InChI is InChI=1S/C16H19N3O2/c1-5-19-15(20)12(4)11(3)14(16(19)21)18-17-13-8-6-7-10(2)9-13/h6-9,20H,5H2,1-4H3. The SMILES string of the molecule is CCn1c(O)c(C)c(C)c(N=Nc2cccc(C)c2)c1=O. The quantitative estimate of drug-likeness (QED) is 0.869. The molecule has 0 radical (unpaired) electrons. The molecule has 21 heavy (non-hydrogen) atoms. The second-order valence-corrected chi connectivity index (χ2v) is 5.01. The topological polar surface area (TPSA) is 66.9 Å². The van der Waals surface area contributed by atoms with Crippen molar-refractivity contribution in [2.75, 3.05) is 0 Å². The van der Waals surface area contributed by atoms with Gasteiger partial charge in [-0.05, 0) is 51.0 Å². The van der Waals surface area contributed by atoms with Gasteiger partial charge in [0, 0.05) is 12.1 Å². The molecule has 1 aromatic carbocycles. The van der Waals surface area contributed by atoms with E-state index in [0.29, 0.717) is 23.4 Å². The molecule has 0 aliphatic heterocycles. The maximum absolute atomic E-state index is 12.3. The van der Waals surface area contributed by atoms with Crippen LogP contribution in [0, 0.1) is 20.8 Å². The third kappa shape index (κ3) is 2.86. The Morgan fingerprint density at radius 2 is 1.86 bits per heavy atom. The first-order valence-corrected chi connectivity index (χ1v) is 6.87. The van der Waals surface area contributed by atoms with Crippen LogP contribution in [0.4, 0.5) is 11.4 Å². The van der Waals surface area contributed by atoms with Crippen molar-refractivity contribution in [2.24, 2.45) is 10.2 Å². The summed E-state index contributed by atoms with van der Waals surface area (Å²) in [5.74, 6) is -0.00509. The molecule has 0 aliphatic carbocycles. The molecule has 0 saturated carbocycles. The first-order valence-electron chi connectivity index (χ1n) is 6.87. The minimum atomic E-state index is -0.325. The highest BCUT2D eigenvalue weighted by Crippen LogP contribution is 2.26. The van der Waals surface area contributed by atoms with Gasteiger partial charge in [-0.3, -0.25) is 9.36 Å². The number of nitrogens with zero attached hydrogens (tertiary/aromatic N) is 3. The van der Waals surface area contributed by atoms with Crippen molar-refractivity contribution >= 4 is 11.4 Å². The second-order valence-electron chi connectivity index (χ2n) is 5.01. The number of azo groups is 1. The average molecular weight is 285 g/mol. The van der Waals surface area contributed by atoms with Crippen molar-refractivity contribution in [2.45, 2.75) is 34.2 Å². The van der Waals surface area contributed by atoms with E-state index in [0.717, 1.165) is 5.56 Å². The fourth-order valence-electron chi connectivity index (χ4n) is 2.14. The largest absolute Gasteiger partial charge is 0.494 e. The van der Waals surface area contributed by atoms with Crippen LogP contribution in [-0.2, 0) is 6.54 Å². The van der Waals surface area contributed by atoms with Crippen LogP contribution in [0.3, 0.4) is 0 Å². The molecule has 0 spiro atoms. The summed E-state index contributed by atoms with van der Waals surface area (Å²) in [4.78, 5) is 12.3. The van der Waals surface area contributed by atoms with Gasteiger partial charge in [0.25, 0.3) is 5.56 Å². The van der Waals surface area contributed by atoms with E-state index in [-0.39, 0.29) is 17.1 Å². The number of aromatic hydroxyl groups is 1. The predicted octanol–water partition coefficient (Wildman–Crippen LogP) is 3.91. The maximum Gasteiger partial charge on any atom is 0.281 e. The lowest BCUT2D eigenvalue weighted by Gasteiger charge is -2.12. The minimum Gasteiger partial charge on any atom is -0.494 e. The van der Waals surface area contributed by atoms with Gasteiger partial charge >= 0.3 is 0 Å². The van der Waals surface area contributed by atoms with Crippen molar-refractivity contribution in [3.63, 3.8) is 0 Å². The maximum atomic E-state index is 12.3. The van der Waals surface area contributed by atoms with E-state index >= 15 is 0 Å². The van der Waals surface area contributed by atoms with Crippen LogP contribution in [0.5, 0.6) is 5.88 Å². The van der Waals surface area contributed by atoms with Gasteiger partial charge in [-0.25, -0.2) is 0 Å². The molecule has 2 aromatic rings. The molecule has 0 amide bonds. The number of pyridine rings is 1. The summed E-state index contributed by atoms with van der Waals surface area (Å²) in [6, 6.07) is 7.59. The molecule has 5 heteroatoms. The zero-order chi connectivity index (χ0) is 15.6. The van der Waals surface area contributed by atoms with Gasteiger partial charge in [0.2, 0.25) is 0 Å². The molecule has 1 aromatic heterocycles. The van der Waals surface area contributed by atoms with Gasteiger partial charge in [0.15, 0.2) is 11.6 Å². The Labute approximate surface area is 123 Å². The molecule has 0 atom stereocenters. The van der Waals surface area contributed by atoms with E-state index in [4.69, 9.17) is 0 Å². The monoisotopic (exact) mass is 285 g/mol. The summed E-state index contributed by atoms with van der Waals surface area (Å²) in [6.45, 7) is 7.69. The number of hydrogen-bond acceptors (Lipinski definition) is 4. The van der Waals surface area contributed by atoms with Crippen LogP contribution in [0.25, 0.3) is 0 Å². The first kappa shape index (κ1) is 15.0. The molecule has 0 unspecified atom stereocenters. The molecule has 110 valence electrons. The van der Waals surface area contributed by atoms with Crippen LogP contribution in [0.2, 0.25) is 0 Å². The van der Waals surface area contributed by atoms with Gasteiger partial charge < -0.3 is 5.11 Å². The van der Waals surface area contributed by atoms with E-state index in [1.165, 1.54) is 4.57 Å². The molecule has 1 heterocycles. The zero-order valence-electron chi connectivity index (χ0n) is 12.7. The summed E-state index contributed by atoms with van der Waals surface area (Å²) < 4.78 is 1.30. The number of benzene rings is 1. The fraction of sp³-hybridized carbons (Fsp3) is 0.312. The molecular weight excluding hydrogens is 266 g/mol. The summed E-state index contributed by atoms with van der Waals surface area (Å²) in [7, 11) is 0. The second kappa shape index (κ2) is 5.91. The van der Waals surface area contributed by atoms with Crippen LogP contribution >= 0.6 is 0 Å². The lowest BCUT2D eigenvalue weighted by molar-refractivity contribution is 0.406. The Morgan fingerprint density at radius 3 is 2.48 bits per heavy atom. The van der Waals surface area contributed by atoms with E-state index in [1.54, 1.807) is 20.8 Å². The number of rotatable bonds is 3. The molecule has 0 saturated heterocycles. The van der Waals surface area contributed by atoms with Gasteiger partial charge in [0.05, 0.1) is 5.69 Å². The van der Waals surface area contributed by atoms with E-state index in [2.05, 4.69) is 10.2 Å². The highest BCUT2D eigenvalue weighted by Gasteiger charge is 2.15. The van der Waals surface area contributed by atoms with Crippen molar-refractivity contribution < 1.29 is 5.11 Å². The van der Waals surface area contributed by atoms with Crippen molar-refractivity contribution in [3.8, 4) is 5.88 Å². The van der Waals surface area contributed by atoms with Gasteiger partial charge in [-0.2, -0.15) is 5.11 Å². The lowest BCUT2D eigenvalue weighted by Crippen LogP contribution is -2.20. The van der Waals surface area contributed by atoms with E-state index < -0.39 is 0 Å². The Hall–Kier alpha value is -2.43. The van der Waals surface area contributed by atoms with Crippen LogP contribution in [0.1, 0.15) is 23.6 Å². The Kier molecular flexibility index (Phi) is 4.21. The van der Waals surface area contributed by atoms with Gasteiger partial charge in [-0.15, -0.1) is 5.11 Å². The van der Waals surface area contributed by atoms with E-state index in [1.807, 2.05) is 31.2 Å². The Bertz CT molecular complexity index is 761. The molecular formula is C16H19N3O2. The van der Waals surface area contributed by atoms with Crippen molar-refractivity contribution in [3.05, 3.63) is 51.3 Å². The zero-order valence-corrected chi connectivity index (χ0v) is 12.7. The Morgan fingerprint density at radius 1 is 1.14 bits per heavy atom. The first-order chi connectivity index (χ1) is 9.95. The third-order valence-electron chi connectivity index (χ3n) is 3.54. The fourth-order valence-corrected chi connectivity index (χ4v) is 2.14. The normalized spacial score (nSPS) is 11.2. The smallest absolute Gasteiger partial charge is 0.281 e. The Balaban J connectivity index is 2.55.